The maximum atomic E-state index is 10.9. The van der Waals surface area contributed by atoms with Crippen molar-refractivity contribution in [3.63, 3.8) is 0 Å². The molecule has 96 valence electrons. The van der Waals surface area contributed by atoms with E-state index in [1.807, 2.05) is 0 Å². The van der Waals surface area contributed by atoms with E-state index in [0.717, 1.165) is 0 Å². The molecule has 2 atom stereocenters. The van der Waals surface area contributed by atoms with E-state index in [0.29, 0.717) is 16.8 Å². The van der Waals surface area contributed by atoms with E-state index in [1.165, 1.54) is 24.3 Å². The number of hydrogen-bond acceptors (Lipinski definition) is 5. The van der Waals surface area contributed by atoms with Crippen LogP contribution in [0, 0.1) is 0 Å². The Morgan fingerprint density at radius 1 is 1.11 bits per heavy atom. The SMILES string of the molecule is O=P([O-])(O)C(Sc1ccc(Cl)cc1)P(=O)([O-])O.[Ca+2]. The van der Waals surface area contributed by atoms with Crippen LogP contribution >= 0.6 is 38.6 Å². The normalized spacial score (nSPS) is 19.2. The van der Waals surface area contributed by atoms with Gasteiger partial charge in [0, 0.05) is 9.92 Å². The topological polar surface area (TPSA) is 121 Å². The molecule has 0 saturated carbocycles. The molecule has 2 unspecified atom stereocenters. The van der Waals surface area contributed by atoms with Crippen molar-refractivity contribution in [2.24, 2.45) is 0 Å². The Hall–Kier alpha value is 1.42. The van der Waals surface area contributed by atoms with E-state index in [2.05, 4.69) is 0 Å². The Balaban J connectivity index is 0.00000289. The van der Waals surface area contributed by atoms with E-state index < -0.39 is 19.9 Å². The van der Waals surface area contributed by atoms with Gasteiger partial charge in [-0.15, -0.1) is 11.8 Å². The predicted octanol–water partition coefficient (Wildman–Crippen LogP) is 0.426. The van der Waals surface area contributed by atoms with Crippen LogP contribution in [0.2, 0.25) is 5.02 Å². The summed E-state index contributed by atoms with van der Waals surface area (Å²) in [5, 5.41) is 0.384. The fourth-order valence-corrected chi connectivity index (χ4v) is 4.89. The van der Waals surface area contributed by atoms with Crippen molar-refractivity contribution < 1.29 is 28.7 Å². The van der Waals surface area contributed by atoms with Crippen molar-refractivity contribution in [2.75, 3.05) is 0 Å². The van der Waals surface area contributed by atoms with Gasteiger partial charge in [0.2, 0.25) is 0 Å². The summed E-state index contributed by atoms with van der Waals surface area (Å²) >= 11 is 5.89. The molecule has 0 aliphatic heterocycles. The maximum Gasteiger partial charge on any atom is 2.00 e. The molecule has 0 radical (unpaired) electrons. The zero-order chi connectivity index (χ0) is 13.3. The van der Waals surface area contributed by atoms with Crippen LogP contribution in [-0.2, 0) is 9.13 Å². The van der Waals surface area contributed by atoms with Crippen molar-refractivity contribution in [3.05, 3.63) is 29.3 Å². The predicted molar refractivity (Wildman–Crippen MR) is 66.5 cm³/mol. The van der Waals surface area contributed by atoms with Gasteiger partial charge in [0.1, 0.15) is 4.73 Å². The summed E-state index contributed by atoms with van der Waals surface area (Å²) < 4.78 is 19.4. The first-order valence-corrected chi connectivity index (χ1v) is 8.65. The van der Waals surface area contributed by atoms with Gasteiger partial charge in [-0.05, 0) is 24.3 Å². The van der Waals surface area contributed by atoms with Gasteiger partial charge in [-0.1, -0.05) is 11.6 Å². The van der Waals surface area contributed by atoms with E-state index in [1.54, 1.807) is 0 Å². The summed E-state index contributed by atoms with van der Waals surface area (Å²) in [5.74, 6) is 0. The van der Waals surface area contributed by atoms with Crippen LogP contribution in [-0.4, -0.2) is 52.3 Å². The van der Waals surface area contributed by atoms with Crippen LogP contribution in [0.3, 0.4) is 0 Å². The molecule has 0 heterocycles. The summed E-state index contributed by atoms with van der Waals surface area (Å²) in [5.41, 5.74) is 0. The zero-order valence-corrected chi connectivity index (χ0v) is 14.4. The molecule has 0 aliphatic carbocycles. The van der Waals surface area contributed by atoms with Gasteiger partial charge in [-0.25, -0.2) is 0 Å². The Bertz CT molecular complexity index is 463. The molecule has 0 aliphatic rings. The number of rotatable bonds is 4. The van der Waals surface area contributed by atoms with Crippen LogP contribution < -0.4 is 9.79 Å². The molecule has 0 amide bonds. The first-order valence-electron chi connectivity index (χ1n) is 4.10. The number of halogens is 1. The third-order valence-corrected chi connectivity index (χ3v) is 7.72. The zero-order valence-electron chi connectivity index (χ0n) is 8.80. The minimum Gasteiger partial charge on any atom is -0.777 e. The minimum atomic E-state index is -5.22. The fourth-order valence-electron chi connectivity index (χ4n) is 0.952. The van der Waals surface area contributed by atoms with Crippen molar-refractivity contribution in [1.82, 2.24) is 0 Å². The Kier molecular flexibility index (Phi) is 8.02. The number of thioether (sulfide) groups is 1. The monoisotopic (exact) mass is 356 g/mol. The van der Waals surface area contributed by atoms with Crippen molar-refractivity contribution >= 4 is 76.3 Å². The molecular formula is C7H7CaClO6P2S. The molecule has 1 aromatic rings. The molecule has 18 heavy (non-hydrogen) atoms. The molecular weight excluding hydrogens is 350 g/mol. The van der Waals surface area contributed by atoms with Gasteiger partial charge in [0.05, 0.1) is 0 Å². The summed E-state index contributed by atoms with van der Waals surface area (Å²) in [7, 11) is -10.4. The second-order valence-corrected chi connectivity index (χ2v) is 9.04. The van der Waals surface area contributed by atoms with Crippen molar-refractivity contribution in [3.8, 4) is 0 Å². The third-order valence-electron chi connectivity index (χ3n) is 1.61. The van der Waals surface area contributed by atoms with Crippen LogP contribution in [0.15, 0.2) is 29.2 Å². The third kappa shape index (κ3) is 6.25. The number of benzene rings is 1. The van der Waals surface area contributed by atoms with E-state index in [4.69, 9.17) is 21.4 Å². The molecule has 1 rings (SSSR count). The second kappa shape index (κ2) is 7.43. The summed E-state index contributed by atoms with van der Waals surface area (Å²) in [4.78, 5) is 39.4. The fraction of sp³-hybridized carbons (Fsp3) is 0.143. The van der Waals surface area contributed by atoms with E-state index in [9.17, 15) is 18.9 Å². The van der Waals surface area contributed by atoms with Crippen LogP contribution in [0.25, 0.3) is 0 Å². The molecule has 0 bridgehead atoms. The standard InChI is InChI=1S/C7H9ClO6P2S.Ca/c8-5-1-3-6(4-2-5)17-7(15(9,10)11)16(12,13)14;/h1-4,7H,(H2,9,10,11)(H2,12,13,14);/q;+2/p-2. The van der Waals surface area contributed by atoms with Gasteiger partial charge in [0.25, 0.3) is 0 Å². The van der Waals surface area contributed by atoms with Crippen molar-refractivity contribution in [2.45, 2.75) is 9.63 Å². The molecule has 0 spiro atoms. The first-order chi connectivity index (χ1) is 7.60. The second-order valence-electron chi connectivity index (χ2n) is 3.03. The average molecular weight is 357 g/mol. The smallest absolute Gasteiger partial charge is 0.777 e. The van der Waals surface area contributed by atoms with Gasteiger partial charge in [-0.3, -0.25) is 0 Å². The van der Waals surface area contributed by atoms with Crippen LogP contribution in [0.1, 0.15) is 0 Å². The summed E-state index contributed by atoms with van der Waals surface area (Å²) in [6.45, 7) is 0. The Morgan fingerprint density at radius 2 is 1.50 bits per heavy atom. The molecule has 1 aromatic carbocycles. The first kappa shape index (κ1) is 19.4. The van der Waals surface area contributed by atoms with Crippen LogP contribution in [0.5, 0.6) is 0 Å². The molecule has 0 aromatic heterocycles. The quantitative estimate of drug-likeness (QED) is 0.456. The van der Waals surface area contributed by atoms with Gasteiger partial charge < -0.3 is 28.7 Å². The van der Waals surface area contributed by atoms with Gasteiger partial charge in [-0.2, -0.15) is 0 Å². The summed E-state index contributed by atoms with van der Waals surface area (Å²) in [6.07, 6.45) is 0. The molecule has 0 saturated heterocycles. The van der Waals surface area contributed by atoms with Gasteiger partial charge >= 0.3 is 37.7 Å². The molecule has 11 heteroatoms. The maximum absolute atomic E-state index is 10.9. The van der Waals surface area contributed by atoms with E-state index in [-0.39, 0.29) is 42.6 Å². The average Bonchev–Trinajstić information content (AvgIpc) is 2.13. The molecule has 0 fully saturated rings. The Morgan fingerprint density at radius 3 is 1.83 bits per heavy atom. The van der Waals surface area contributed by atoms with Crippen molar-refractivity contribution in [1.29, 1.82) is 0 Å². The number of hydrogen-bond donors (Lipinski definition) is 2. The molecule has 6 nitrogen and oxygen atoms in total. The summed E-state index contributed by atoms with van der Waals surface area (Å²) in [6, 6.07) is 5.57. The van der Waals surface area contributed by atoms with Gasteiger partial charge in [0.15, 0.2) is 15.2 Å². The largest absolute Gasteiger partial charge is 2.00 e. The Labute approximate surface area is 142 Å². The van der Waals surface area contributed by atoms with Crippen LogP contribution in [0.4, 0.5) is 0 Å². The van der Waals surface area contributed by atoms with E-state index >= 15 is 0 Å². The molecule has 2 N–H and O–H groups in total. The minimum absolute atomic E-state index is 0.